The van der Waals surface area contributed by atoms with Crippen LogP contribution in [0.2, 0.25) is 0 Å². The van der Waals surface area contributed by atoms with Gasteiger partial charge < -0.3 is 15.7 Å². The van der Waals surface area contributed by atoms with Crippen LogP contribution in [0.1, 0.15) is 24.8 Å². The van der Waals surface area contributed by atoms with E-state index in [1.165, 1.54) is 0 Å². The summed E-state index contributed by atoms with van der Waals surface area (Å²) >= 11 is 0. The van der Waals surface area contributed by atoms with Crippen molar-refractivity contribution in [3.05, 3.63) is 42.0 Å². The first kappa shape index (κ1) is 16.7. The Balaban J connectivity index is 1.79. The van der Waals surface area contributed by atoms with Gasteiger partial charge >= 0.3 is 5.97 Å². The molecule has 0 radical (unpaired) electrons. The summed E-state index contributed by atoms with van der Waals surface area (Å²) in [6.45, 7) is -0.386. The number of amides is 2. The number of anilines is 1. The van der Waals surface area contributed by atoms with E-state index in [1.807, 2.05) is 0 Å². The third-order valence-corrected chi connectivity index (χ3v) is 3.60. The molecule has 0 spiro atoms. The summed E-state index contributed by atoms with van der Waals surface area (Å²) in [5.41, 5.74) is 1.44. The topological polar surface area (TPSA) is 95.5 Å². The maximum Gasteiger partial charge on any atom is 0.322 e. The zero-order valence-corrected chi connectivity index (χ0v) is 12.7. The van der Waals surface area contributed by atoms with Crippen LogP contribution in [0.15, 0.2) is 36.4 Å². The second-order valence-electron chi connectivity index (χ2n) is 5.56. The average Bonchev–Trinajstić information content (AvgIpc) is 3.00. The number of allylic oxidation sites excluding steroid dienone is 2. The molecule has 6 heteroatoms. The van der Waals surface area contributed by atoms with Crippen LogP contribution in [0.4, 0.5) is 5.69 Å². The minimum Gasteiger partial charge on any atom is -0.480 e. The van der Waals surface area contributed by atoms with Gasteiger partial charge in [0.15, 0.2) is 0 Å². The summed E-state index contributed by atoms with van der Waals surface area (Å²) in [7, 11) is 0. The average molecular weight is 316 g/mol. The molecule has 1 unspecified atom stereocenters. The van der Waals surface area contributed by atoms with E-state index in [4.69, 9.17) is 5.11 Å². The second kappa shape index (κ2) is 8.12. The molecule has 3 N–H and O–H groups in total. The third kappa shape index (κ3) is 5.94. The van der Waals surface area contributed by atoms with Gasteiger partial charge in [0.25, 0.3) is 0 Å². The monoisotopic (exact) mass is 316 g/mol. The second-order valence-corrected chi connectivity index (χ2v) is 5.56. The summed E-state index contributed by atoms with van der Waals surface area (Å²) in [5, 5.41) is 13.6. The molecule has 0 heterocycles. The van der Waals surface area contributed by atoms with Gasteiger partial charge in [-0.3, -0.25) is 14.4 Å². The van der Waals surface area contributed by atoms with Gasteiger partial charge in [-0.2, -0.15) is 0 Å². The SMILES string of the molecule is O=C(O)CNC(=O)Cc1ccc(NC(=O)CC2C=CCC2)cc1. The molecule has 0 saturated heterocycles. The number of hydrogen-bond donors (Lipinski definition) is 3. The van der Waals surface area contributed by atoms with Crippen molar-refractivity contribution in [2.75, 3.05) is 11.9 Å². The van der Waals surface area contributed by atoms with Crippen LogP contribution in [-0.2, 0) is 20.8 Å². The van der Waals surface area contributed by atoms with E-state index in [1.54, 1.807) is 24.3 Å². The van der Waals surface area contributed by atoms with Crippen molar-refractivity contribution >= 4 is 23.5 Å². The fraction of sp³-hybridized carbons (Fsp3) is 0.353. The first-order valence-corrected chi connectivity index (χ1v) is 7.57. The molecule has 0 fully saturated rings. The Labute approximate surface area is 134 Å². The molecule has 6 nitrogen and oxygen atoms in total. The van der Waals surface area contributed by atoms with E-state index < -0.39 is 5.97 Å². The van der Waals surface area contributed by atoms with Crippen LogP contribution in [0.3, 0.4) is 0 Å². The van der Waals surface area contributed by atoms with Crippen LogP contribution in [0.5, 0.6) is 0 Å². The number of hydrogen-bond acceptors (Lipinski definition) is 3. The Morgan fingerprint density at radius 3 is 2.48 bits per heavy atom. The summed E-state index contributed by atoms with van der Waals surface area (Å²) < 4.78 is 0. The van der Waals surface area contributed by atoms with E-state index in [0.717, 1.165) is 18.4 Å². The predicted octanol–water partition coefficient (Wildman–Crippen LogP) is 1.72. The zero-order chi connectivity index (χ0) is 16.7. The number of rotatable bonds is 7. The van der Waals surface area contributed by atoms with Crippen LogP contribution in [0.25, 0.3) is 0 Å². The number of carbonyl (C=O) groups excluding carboxylic acids is 2. The molecule has 0 aromatic heterocycles. The van der Waals surface area contributed by atoms with Crippen LogP contribution in [0, 0.1) is 5.92 Å². The smallest absolute Gasteiger partial charge is 0.322 e. The quantitative estimate of drug-likeness (QED) is 0.668. The fourth-order valence-electron chi connectivity index (χ4n) is 2.44. The van der Waals surface area contributed by atoms with Gasteiger partial charge in [-0.25, -0.2) is 0 Å². The van der Waals surface area contributed by atoms with E-state index in [9.17, 15) is 14.4 Å². The number of benzene rings is 1. The first-order chi connectivity index (χ1) is 11.0. The van der Waals surface area contributed by atoms with E-state index in [-0.39, 0.29) is 24.8 Å². The third-order valence-electron chi connectivity index (χ3n) is 3.60. The molecule has 0 bridgehead atoms. The van der Waals surface area contributed by atoms with Crippen molar-refractivity contribution < 1.29 is 19.5 Å². The molecule has 0 saturated carbocycles. The lowest BCUT2D eigenvalue weighted by molar-refractivity contribution is -0.137. The number of nitrogens with one attached hydrogen (secondary N) is 2. The van der Waals surface area contributed by atoms with Crippen molar-refractivity contribution in [3.8, 4) is 0 Å². The van der Waals surface area contributed by atoms with Crippen molar-refractivity contribution in [1.29, 1.82) is 0 Å². The normalized spacial score (nSPS) is 16.1. The van der Waals surface area contributed by atoms with Gasteiger partial charge in [0.05, 0.1) is 6.42 Å². The molecule has 1 atom stereocenters. The van der Waals surface area contributed by atoms with Gasteiger partial charge in [0, 0.05) is 12.1 Å². The highest BCUT2D eigenvalue weighted by atomic mass is 16.4. The Morgan fingerprint density at radius 1 is 1.13 bits per heavy atom. The maximum atomic E-state index is 11.9. The molecule has 122 valence electrons. The Morgan fingerprint density at radius 2 is 1.87 bits per heavy atom. The van der Waals surface area contributed by atoms with Gasteiger partial charge in [-0.05, 0) is 36.5 Å². The molecule has 23 heavy (non-hydrogen) atoms. The van der Waals surface area contributed by atoms with E-state index in [2.05, 4.69) is 22.8 Å². The minimum absolute atomic E-state index is 0.0199. The Kier molecular flexibility index (Phi) is 5.91. The predicted molar refractivity (Wildman–Crippen MR) is 85.9 cm³/mol. The highest BCUT2D eigenvalue weighted by Crippen LogP contribution is 2.21. The maximum absolute atomic E-state index is 11.9. The summed E-state index contributed by atoms with van der Waals surface area (Å²) in [5.74, 6) is -1.12. The van der Waals surface area contributed by atoms with Crippen molar-refractivity contribution in [1.82, 2.24) is 5.32 Å². The Hall–Kier alpha value is -2.63. The number of carbonyl (C=O) groups is 3. The van der Waals surface area contributed by atoms with Crippen molar-refractivity contribution in [2.24, 2.45) is 5.92 Å². The first-order valence-electron chi connectivity index (χ1n) is 7.57. The molecule has 1 aliphatic rings. The number of carboxylic acids is 1. The van der Waals surface area contributed by atoms with E-state index in [0.29, 0.717) is 18.0 Å². The number of aliphatic carboxylic acids is 1. The Bertz CT molecular complexity index is 608. The lowest BCUT2D eigenvalue weighted by Gasteiger charge is -2.09. The molecule has 2 rings (SSSR count). The summed E-state index contributed by atoms with van der Waals surface area (Å²) in [6, 6.07) is 6.96. The van der Waals surface area contributed by atoms with Crippen LogP contribution >= 0.6 is 0 Å². The summed E-state index contributed by atoms with van der Waals surface area (Å²) in [6.07, 6.45) is 6.83. The molecular weight excluding hydrogens is 296 g/mol. The summed E-state index contributed by atoms with van der Waals surface area (Å²) in [4.78, 5) is 33.8. The van der Waals surface area contributed by atoms with Gasteiger partial charge in [-0.1, -0.05) is 24.3 Å². The van der Waals surface area contributed by atoms with Crippen molar-refractivity contribution in [3.63, 3.8) is 0 Å². The van der Waals surface area contributed by atoms with Crippen molar-refractivity contribution in [2.45, 2.75) is 25.7 Å². The van der Waals surface area contributed by atoms with Crippen LogP contribution in [-0.4, -0.2) is 29.4 Å². The standard InChI is InChI=1S/C17H20N2O4/c20-15(18-11-17(22)23)9-13-5-7-14(8-6-13)19-16(21)10-12-3-1-2-4-12/h1,3,5-8,12H,2,4,9-11H2,(H,18,20)(H,19,21)(H,22,23). The van der Waals surface area contributed by atoms with Gasteiger partial charge in [0.1, 0.15) is 6.54 Å². The van der Waals surface area contributed by atoms with Gasteiger partial charge in [0.2, 0.25) is 11.8 Å². The molecular formula is C17H20N2O4. The van der Waals surface area contributed by atoms with Crippen LogP contribution < -0.4 is 10.6 Å². The fourth-order valence-corrected chi connectivity index (χ4v) is 2.44. The molecule has 1 aromatic carbocycles. The largest absolute Gasteiger partial charge is 0.480 e. The lowest BCUT2D eigenvalue weighted by Crippen LogP contribution is -2.30. The van der Waals surface area contributed by atoms with Gasteiger partial charge in [-0.15, -0.1) is 0 Å². The van der Waals surface area contributed by atoms with E-state index >= 15 is 0 Å². The lowest BCUT2D eigenvalue weighted by atomic mass is 10.0. The molecule has 2 amide bonds. The number of carboxylic acid groups (broad SMARTS) is 1. The molecule has 1 aliphatic carbocycles. The highest BCUT2D eigenvalue weighted by Gasteiger charge is 2.14. The zero-order valence-electron chi connectivity index (χ0n) is 12.7. The minimum atomic E-state index is -1.08. The molecule has 0 aliphatic heterocycles. The highest BCUT2D eigenvalue weighted by molar-refractivity contribution is 5.91. The molecule has 1 aromatic rings.